The molecule has 1 saturated heterocycles. The molecule has 1 aromatic carbocycles. The highest BCUT2D eigenvalue weighted by molar-refractivity contribution is 5.95. The highest BCUT2D eigenvalue weighted by Gasteiger charge is 2.39. The van der Waals surface area contributed by atoms with Crippen LogP contribution in [0.15, 0.2) is 34.9 Å². The van der Waals surface area contributed by atoms with E-state index >= 15 is 0 Å². The van der Waals surface area contributed by atoms with Crippen LogP contribution in [-0.2, 0) is 27.3 Å². The van der Waals surface area contributed by atoms with E-state index in [4.69, 9.17) is 9.26 Å². The molecule has 2 heterocycles. The number of hydrogen-bond acceptors (Lipinski definition) is 6. The Morgan fingerprint density at radius 3 is 2.64 bits per heavy atom. The summed E-state index contributed by atoms with van der Waals surface area (Å²) in [4.78, 5) is 33.4. The van der Waals surface area contributed by atoms with Crippen LogP contribution in [-0.4, -0.2) is 64.6 Å². The number of benzene rings is 1. The highest BCUT2D eigenvalue weighted by Crippen LogP contribution is 2.20. The SMILES string of the molecule is COCCN1CC(=O)N(Cc2nc(C(C)C)no2)[C@H](Cc2ccccc2)C1=O. The second-order valence-corrected chi connectivity index (χ2v) is 7.18. The average Bonchev–Trinajstić information content (AvgIpc) is 3.16. The monoisotopic (exact) mass is 386 g/mol. The third-order valence-electron chi connectivity index (χ3n) is 4.76. The number of hydrogen-bond donors (Lipinski definition) is 0. The van der Waals surface area contributed by atoms with Crippen LogP contribution in [0, 0.1) is 0 Å². The van der Waals surface area contributed by atoms with Crippen LogP contribution in [0.3, 0.4) is 0 Å². The number of amides is 2. The van der Waals surface area contributed by atoms with Crippen molar-refractivity contribution in [2.45, 2.75) is 38.8 Å². The fourth-order valence-electron chi connectivity index (χ4n) is 3.19. The standard InChI is InChI=1S/C20H26N4O4/c1-14(2)19-21-17(28-22-19)12-24-16(11-15-7-5-4-6-8-15)20(26)23(9-10-27-3)13-18(24)25/h4-8,14,16H,9-13H2,1-3H3/t16-/m1/s1. The molecule has 8 nitrogen and oxygen atoms in total. The van der Waals surface area contributed by atoms with Crippen molar-refractivity contribution in [2.24, 2.45) is 0 Å². The summed E-state index contributed by atoms with van der Waals surface area (Å²) in [6.45, 7) is 4.86. The minimum absolute atomic E-state index is 0.0264. The molecular formula is C20H26N4O4. The van der Waals surface area contributed by atoms with E-state index < -0.39 is 6.04 Å². The van der Waals surface area contributed by atoms with Crippen molar-refractivity contribution >= 4 is 11.8 Å². The van der Waals surface area contributed by atoms with E-state index in [2.05, 4.69) is 10.1 Å². The van der Waals surface area contributed by atoms with E-state index in [1.807, 2.05) is 44.2 Å². The number of carbonyl (C=O) groups is 2. The average molecular weight is 386 g/mol. The summed E-state index contributed by atoms with van der Waals surface area (Å²) in [5.74, 6) is 0.825. The topological polar surface area (TPSA) is 88.8 Å². The smallest absolute Gasteiger partial charge is 0.246 e. The molecule has 1 aliphatic rings. The Kier molecular flexibility index (Phi) is 6.41. The summed E-state index contributed by atoms with van der Waals surface area (Å²) in [5.41, 5.74) is 0.987. The highest BCUT2D eigenvalue weighted by atomic mass is 16.5. The lowest BCUT2D eigenvalue weighted by Gasteiger charge is -2.39. The first-order valence-electron chi connectivity index (χ1n) is 9.43. The van der Waals surface area contributed by atoms with Gasteiger partial charge >= 0.3 is 0 Å². The molecule has 8 heteroatoms. The van der Waals surface area contributed by atoms with E-state index in [1.165, 1.54) is 0 Å². The minimum atomic E-state index is -0.616. The zero-order valence-electron chi connectivity index (χ0n) is 16.5. The Hall–Kier alpha value is -2.74. The van der Waals surface area contributed by atoms with Gasteiger partial charge < -0.3 is 19.1 Å². The van der Waals surface area contributed by atoms with Crippen molar-refractivity contribution in [3.63, 3.8) is 0 Å². The Balaban J connectivity index is 1.83. The van der Waals surface area contributed by atoms with Gasteiger partial charge in [0.25, 0.3) is 0 Å². The van der Waals surface area contributed by atoms with Crippen LogP contribution < -0.4 is 0 Å². The number of ether oxygens (including phenoxy) is 1. The van der Waals surface area contributed by atoms with Gasteiger partial charge in [0.1, 0.15) is 12.6 Å². The van der Waals surface area contributed by atoms with Crippen molar-refractivity contribution in [2.75, 3.05) is 26.8 Å². The molecule has 0 spiro atoms. The molecule has 1 atom stereocenters. The lowest BCUT2D eigenvalue weighted by Crippen LogP contribution is -2.60. The molecule has 1 aliphatic heterocycles. The van der Waals surface area contributed by atoms with Gasteiger partial charge in [-0.1, -0.05) is 49.3 Å². The van der Waals surface area contributed by atoms with Crippen LogP contribution in [0.1, 0.15) is 37.0 Å². The van der Waals surface area contributed by atoms with Crippen LogP contribution in [0.2, 0.25) is 0 Å². The second kappa shape index (κ2) is 8.97. The molecule has 1 fully saturated rings. The van der Waals surface area contributed by atoms with E-state index in [0.29, 0.717) is 31.3 Å². The summed E-state index contributed by atoms with van der Waals surface area (Å²) >= 11 is 0. The number of aromatic nitrogens is 2. The van der Waals surface area contributed by atoms with Gasteiger partial charge in [-0.05, 0) is 5.56 Å². The van der Waals surface area contributed by atoms with Crippen molar-refractivity contribution in [3.8, 4) is 0 Å². The zero-order valence-corrected chi connectivity index (χ0v) is 16.5. The number of carbonyl (C=O) groups excluding carboxylic acids is 2. The first kappa shape index (κ1) is 20.0. The minimum Gasteiger partial charge on any atom is -0.383 e. The summed E-state index contributed by atoms with van der Waals surface area (Å²) in [6, 6.07) is 9.05. The van der Waals surface area contributed by atoms with Crippen molar-refractivity contribution in [3.05, 3.63) is 47.6 Å². The number of rotatable bonds is 8. The molecule has 0 N–H and O–H groups in total. The van der Waals surface area contributed by atoms with Gasteiger partial charge in [-0.2, -0.15) is 4.98 Å². The third-order valence-corrected chi connectivity index (χ3v) is 4.76. The molecular weight excluding hydrogens is 360 g/mol. The van der Waals surface area contributed by atoms with E-state index in [1.54, 1.807) is 16.9 Å². The first-order valence-corrected chi connectivity index (χ1v) is 9.43. The maximum Gasteiger partial charge on any atom is 0.246 e. The summed E-state index contributed by atoms with van der Waals surface area (Å²) in [6.07, 6.45) is 0.431. The zero-order chi connectivity index (χ0) is 20.1. The van der Waals surface area contributed by atoms with Crippen molar-refractivity contribution in [1.82, 2.24) is 19.9 Å². The van der Waals surface area contributed by atoms with Gasteiger partial charge in [-0.25, -0.2) is 0 Å². The molecule has 2 amide bonds. The second-order valence-electron chi connectivity index (χ2n) is 7.18. The van der Waals surface area contributed by atoms with Gasteiger partial charge in [0.15, 0.2) is 5.82 Å². The number of methoxy groups -OCH3 is 1. The maximum absolute atomic E-state index is 13.1. The van der Waals surface area contributed by atoms with E-state index in [0.717, 1.165) is 5.56 Å². The third kappa shape index (κ3) is 4.56. The normalized spacial score (nSPS) is 17.6. The van der Waals surface area contributed by atoms with Gasteiger partial charge in [-0.3, -0.25) is 9.59 Å². The van der Waals surface area contributed by atoms with Gasteiger partial charge in [0.2, 0.25) is 17.7 Å². The molecule has 0 unspecified atom stereocenters. The lowest BCUT2D eigenvalue weighted by atomic mass is 10.0. The largest absolute Gasteiger partial charge is 0.383 e. The quantitative estimate of drug-likeness (QED) is 0.685. The molecule has 2 aromatic rings. The van der Waals surface area contributed by atoms with Gasteiger partial charge in [0, 0.05) is 26.0 Å². The molecule has 3 rings (SSSR count). The lowest BCUT2D eigenvalue weighted by molar-refractivity contribution is -0.157. The van der Waals surface area contributed by atoms with E-state index in [9.17, 15) is 9.59 Å². The van der Waals surface area contributed by atoms with Gasteiger partial charge in [-0.15, -0.1) is 0 Å². The van der Waals surface area contributed by atoms with Crippen LogP contribution >= 0.6 is 0 Å². The predicted octanol–water partition coefficient (Wildman–Crippen LogP) is 1.62. The summed E-state index contributed by atoms with van der Waals surface area (Å²) < 4.78 is 10.4. The Morgan fingerprint density at radius 1 is 1.25 bits per heavy atom. The van der Waals surface area contributed by atoms with Crippen molar-refractivity contribution in [1.29, 1.82) is 0 Å². The fraction of sp³-hybridized carbons (Fsp3) is 0.500. The van der Waals surface area contributed by atoms with Gasteiger partial charge in [0.05, 0.1) is 13.2 Å². The molecule has 0 bridgehead atoms. The predicted molar refractivity (Wildman–Crippen MR) is 101 cm³/mol. The van der Waals surface area contributed by atoms with Crippen LogP contribution in [0.5, 0.6) is 0 Å². The maximum atomic E-state index is 13.1. The van der Waals surface area contributed by atoms with Crippen LogP contribution in [0.4, 0.5) is 0 Å². The first-order chi connectivity index (χ1) is 13.5. The Labute approximate surface area is 164 Å². The summed E-state index contributed by atoms with van der Waals surface area (Å²) in [5, 5.41) is 3.95. The molecule has 0 aliphatic carbocycles. The van der Waals surface area contributed by atoms with Crippen LogP contribution in [0.25, 0.3) is 0 Å². The molecule has 1 aromatic heterocycles. The fourth-order valence-corrected chi connectivity index (χ4v) is 3.19. The Morgan fingerprint density at radius 2 is 2.00 bits per heavy atom. The van der Waals surface area contributed by atoms with Crippen molar-refractivity contribution < 1.29 is 18.8 Å². The molecule has 28 heavy (non-hydrogen) atoms. The number of nitrogens with zero attached hydrogens (tertiary/aromatic N) is 4. The molecule has 0 saturated carbocycles. The Bertz CT molecular complexity index is 806. The summed E-state index contributed by atoms with van der Waals surface area (Å²) in [7, 11) is 1.58. The van der Waals surface area contributed by atoms with E-state index in [-0.39, 0.29) is 30.8 Å². The number of piperazine rings is 1. The molecule has 150 valence electrons. The molecule has 0 radical (unpaired) electrons.